The Morgan fingerprint density at radius 1 is 1.53 bits per heavy atom. The van der Waals surface area contributed by atoms with Gasteiger partial charge in [0.15, 0.2) is 0 Å². The second-order valence-corrected chi connectivity index (χ2v) is 5.70. The van der Waals surface area contributed by atoms with Crippen LogP contribution in [0.25, 0.3) is 0 Å². The number of alkyl halides is 1. The predicted molar refractivity (Wildman–Crippen MR) is 60.2 cm³/mol. The van der Waals surface area contributed by atoms with Crippen molar-refractivity contribution < 1.29 is 8.42 Å². The average molecular weight is 249 g/mol. The topological polar surface area (TPSA) is 50.3 Å². The first kappa shape index (κ1) is 12.4. The maximum absolute atomic E-state index is 11.6. The first-order valence-electron chi connectivity index (χ1n) is 4.45. The van der Waals surface area contributed by atoms with E-state index in [1.165, 1.54) is 11.4 Å². The van der Waals surface area contributed by atoms with Crippen LogP contribution >= 0.6 is 11.6 Å². The lowest BCUT2D eigenvalue weighted by molar-refractivity contribution is 0.467. The molecule has 15 heavy (non-hydrogen) atoms. The normalized spacial score (nSPS) is 11.9. The summed E-state index contributed by atoms with van der Waals surface area (Å²) in [6.45, 7) is 0.326. The van der Waals surface area contributed by atoms with E-state index in [1.54, 1.807) is 18.5 Å². The zero-order valence-corrected chi connectivity index (χ0v) is 10.0. The summed E-state index contributed by atoms with van der Waals surface area (Å²) in [6, 6.07) is 3.61. The van der Waals surface area contributed by atoms with Gasteiger partial charge in [-0.05, 0) is 11.6 Å². The van der Waals surface area contributed by atoms with Gasteiger partial charge in [-0.15, -0.1) is 11.6 Å². The Kier molecular flexibility index (Phi) is 4.50. The Balaban J connectivity index is 2.68. The molecule has 0 bridgehead atoms. The Morgan fingerprint density at radius 3 is 2.80 bits per heavy atom. The van der Waals surface area contributed by atoms with E-state index in [0.717, 1.165) is 5.56 Å². The maximum Gasteiger partial charge on any atom is 0.215 e. The summed E-state index contributed by atoms with van der Waals surface area (Å²) in [6.07, 6.45) is 3.30. The van der Waals surface area contributed by atoms with Crippen LogP contribution in [-0.2, 0) is 16.6 Å². The standard InChI is InChI=1S/C9H13ClN2O2S/c1-12(15(13,14)6-4-10)8-9-3-2-5-11-7-9/h2-3,5,7H,4,6,8H2,1H3. The third-order valence-corrected chi connectivity index (χ3v) is 4.15. The largest absolute Gasteiger partial charge is 0.264 e. The summed E-state index contributed by atoms with van der Waals surface area (Å²) >= 11 is 5.41. The first-order chi connectivity index (χ1) is 7.06. The van der Waals surface area contributed by atoms with Gasteiger partial charge in [0.2, 0.25) is 10.0 Å². The predicted octanol–water partition coefficient (Wildman–Crippen LogP) is 1.08. The highest BCUT2D eigenvalue weighted by Gasteiger charge is 2.16. The van der Waals surface area contributed by atoms with Gasteiger partial charge in [0, 0.05) is 31.9 Å². The maximum atomic E-state index is 11.6. The van der Waals surface area contributed by atoms with Crippen molar-refractivity contribution in [1.29, 1.82) is 0 Å². The van der Waals surface area contributed by atoms with Crippen LogP contribution in [0.5, 0.6) is 0 Å². The monoisotopic (exact) mass is 248 g/mol. The highest BCUT2D eigenvalue weighted by Crippen LogP contribution is 2.06. The second-order valence-electron chi connectivity index (χ2n) is 3.12. The summed E-state index contributed by atoms with van der Waals surface area (Å²) in [7, 11) is -1.70. The van der Waals surface area contributed by atoms with E-state index in [-0.39, 0.29) is 11.6 Å². The molecule has 0 aliphatic heterocycles. The third kappa shape index (κ3) is 3.77. The Bertz CT molecular complexity index is 394. The molecule has 0 fully saturated rings. The minimum Gasteiger partial charge on any atom is -0.264 e. The Morgan fingerprint density at radius 2 is 2.27 bits per heavy atom. The van der Waals surface area contributed by atoms with Crippen LogP contribution < -0.4 is 0 Å². The number of nitrogens with zero attached hydrogens (tertiary/aromatic N) is 2. The van der Waals surface area contributed by atoms with Crippen molar-refractivity contribution in [3.63, 3.8) is 0 Å². The van der Waals surface area contributed by atoms with Crippen LogP contribution in [-0.4, -0.2) is 36.4 Å². The molecule has 1 aromatic heterocycles. The zero-order valence-electron chi connectivity index (χ0n) is 8.43. The number of pyridine rings is 1. The molecule has 0 spiro atoms. The number of halogens is 1. The quantitative estimate of drug-likeness (QED) is 0.733. The van der Waals surface area contributed by atoms with Gasteiger partial charge in [-0.3, -0.25) is 4.98 Å². The molecule has 0 aliphatic carbocycles. The van der Waals surface area contributed by atoms with Crippen molar-refractivity contribution in [2.45, 2.75) is 6.54 Å². The molecule has 1 rings (SSSR count). The molecule has 1 heterocycles. The molecular formula is C9H13ClN2O2S. The van der Waals surface area contributed by atoms with Crippen molar-refractivity contribution in [2.24, 2.45) is 0 Å². The molecule has 6 heteroatoms. The lowest BCUT2D eigenvalue weighted by Crippen LogP contribution is -2.29. The Labute approximate surface area is 94.9 Å². The molecule has 0 aliphatic rings. The van der Waals surface area contributed by atoms with Crippen LogP contribution in [0.2, 0.25) is 0 Å². The van der Waals surface area contributed by atoms with E-state index in [0.29, 0.717) is 6.54 Å². The number of sulfonamides is 1. The lowest BCUT2D eigenvalue weighted by Gasteiger charge is -2.15. The fourth-order valence-corrected chi connectivity index (χ4v) is 2.54. The summed E-state index contributed by atoms with van der Waals surface area (Å²) < 4.78 is 24.4. The van der Waals surface area contributed by atoms with Crippen LogP contribution in [0.1, 0.15) is 5.56 Å². The molecular weight excluding hydrogens is 236 g/mol. The molecule has 0 amide bonds. The summed E-state index contributed by atoms with van der Waals surface area (Å²) in [4.78, 5) is 3.92. The Hall–Kier alpha value is -0.650. The van der Waals surface area contributed by atoms with Gasteiger partial charge >= 0.3 is 0 Å². The van der Waals surface area contributed by atoms with Crippen molar-refractivity contribution >= 4 is 21.6 Å². The van der Waals surface area contributed by atoms with E-state index >= 15 is 0 Å². The van der Waals surface area contributed by atoms with Gasteiger partial charge in [-0.2, -0.15) is 0 Å². The smallest absolute Gasteiger partial charge is 0.215 e. The van der Waals surface area contributed by atoms with E-state index in [2.05, 4.69) is 4.98 Å². The molecule has 0 aromatic carbocycles. The molecule has 4 nitrogen and oxygen atoms in total. The van der Waals surface area contributed by atoms with Gasteiger partial charge in [-0.1, -0.05) is 6.07 Å². The fourth-order valence-electron chi connectivity index (χ4n) is 1.10. The minimum atomic E-state index is -3.23. The number of aromatic nitrogens is 1. The SMILES string of the molecule is CN(Cc1cccnc1)S(=O)(=O)CCCl. The van der Waals surface area contributed by atoms with Crippen molar-refractivity contribution in [3.05, 3.63) is 30.1 Å². The van der Waals surface area contributed by atoms with Crippen LogP contribution in [0.4, 0.5) is 0 Å². The van der Waals surface area contributed by atoms with Crippen LogP contribution in [0.3, 0.4) is 0 Å². The first-order valence-corrected chi connectivity index (χ1v) is 6.59. The summed E-state index contributed by atoms with van der Waals surface area (Å²) in [5, 5.41) is 0. The van der Waals surface area contributed by atoms with Crippen molar-refractivity contribution in [1.82, 2.24) is 9.29 Å². The number of hydrogen-bond donors (Lipinski definition) is 0. The van der Waals surface area contributed by atoms with Crippen molar-refractivity contribution in [3.8, 4) is 0 Å². The van der Waals surface area contributed by atoms with Gasteiger partial charge < -0.3 is 0 Å². The molecule has 0 atom stereocenters. The molecule has 0 unspecified atom stereocenters. The highest BCUT2D eigenvalue weighted by atomic mass is 35.5. The average Bonchev–Trinajstić information content (AvgIpc) is 2.19. The summed E-state index contributed by atoms with van der Waals surface area (Å²) in [5.74, 6) is 0.0744. The van der Waals surface area contributed by atoms with E-state index in [1.807, 2.05) is 6.07 Å². The van der Waals surface area contributed by atoms with E-state index in [4.69, 9.17) is 11.6 Å². The molecule has 84 valence electrons. The molecule has 0 saturated heterocycles. The van der Waals surface area contributed by atoms with Crippen LogP contribution in [0, 0.1) is 0 Å². The fraction of sp³-hybridized carbons (Fsp3) is 0.444. The lowest BCUT2D eigenvalue weighted by atomic mass is 10.3. The van der Waals surface area contributed by atoms with E-state index in [9.17, 15) is 8.42 Å². The van der Waals surface area contributed by atoms with E-state index < -0.39 is 10.0 Å². The molecule has 0 N–H and O–H groups in total. The number of hydrogen-bond acceptors (Lipinski definition) is 3. The van der Waals surface area contributed by atoms with Gasteiger partial charge in [-0.25, -0.2) is 12.7 Å². The minimum absolute atomic E-state index is 0.0364. The molecule has 1 aromatic rings. The van der Waals surface area contributed by atoms with Crippen molar-refractivity contribution in [2.75, 3.05) is 18.7 Å². The molecule has 0 radical (unpaired) electrons. The van der Waals surface area contributed by atoms with Gasteiger partial charge in [0.05, 0.1) is 5.75 Å². The number of rotatable bonds is 5. The highest BCUT2D eigenvalue weighted by molar-refractivity contribution is 7.89. The second kappa shape index (κ2) is 5.44. The molecule has 0 saturated carbocycles. The van der Waals surface area contributed by atoms with Gasteiger partial charge in [0.25, 0.3) is 0 Å². The third-order valence-electron chi connectivity index (χ3n) is 1.94. The van der Waals surface area contributed by atoms with Gasteiger partial charge in [0.1, 0.15) is 0 Å². The van der Waals surface area contributed by atoms with Crippen LogP contribution in [0.15, 0.2) is 24.5 Å². The summed E-state index contributed by atoms with van der Waals surface area (Å²) in [5.41, 5.74) is 0.859. The zero-order chi connectivity index (χ0) is 11.3.